The molecule has 0 radical (unpaired) electrons. The molecule has 0 rings (SSSR count). The van der Waals surface area contributed by atoms with Crippen molar-refractivity contribution in [1.29, 1.82) is 0 Å². The van der Waals surface area contributed by atoms with Gasteiger partial charge < -0.3 is 5.73 Å². The van der Waals surface area contributed by atoms with Crippen LogP contribution >= 0.6 is 0 Å². The lowest BCUT2D eigenvalue weighted by Crippen LogP contribution is -1.87. The molecule has 0 aromatic rings. The fourth-order valence-electron chi connectivity index (χ4n) is 0.192. The van der Waals surface area contributed by atoms with Crippen LogP contribution in [0.3, 0.4) is 0 Å². The van der Waals surface area contributed by atoms with E-state index in [0.29, 0.717) is 0 Å². The molecule has 11 heavy (non-hydrogen) atoms. The van der Waals surface area contributed by atoms with Crippen molar-refractivity contribution in [2.75, 3.05) is 0 Å². The van der Waals surface area contributed by atoms with Crippen LogP contribution in [-0.2, 0) is 0 Å². The van der Waals surface area contributed by atoms with Crippen LogP contribution in [0, 0.1) is 0 Å². The van der Waals surface area contributed by atoms with Crippen LogP contribution in [0.15, 0.2) is 16.8 Å². The SMILES string of the molecule is C/C=C(/C)N=CN.CC.CC. The normalized spacial score (nSPS) is 9.45. The zero-order chi connectivity index (χ0) is 9.70. The summed E-state index contributed by atoms with van der Waals surface area (Å²) in [4.78, 5) is 3.76. The summed E-state index contributed by atoms with van der Waals surface area (Å²) >= 11 is 0. The van der Waals surface area contributed by atoms with Crippen molar-refractivity contribution >= 4 is 6.34 Å². The number of hydrogen-bond acceptors (Lipinski definition) is 1. The Balaban J connectivity index is -0.000000138. The van der Waals surface area contributed by atoms with Crippen LogP contribution in [0.4, 0.5) is 0 Å². The van der Waals surface area contributed by atoms with Gasteiger partial charge in [0.15, 0.2) is 0 Å². The molecule has 0 bridgehead atoms. The van der Waals surface area contributed by atoms with Crippen molar-refractivity contribution in [3.63, 3.8) is 0 Å². The van der Waals surface area contributed by atoms with E-state index in [0.717, 1.165) is 5.70 Å². The number of aliphatic imine (C=N–C) groups is 1. The van der Waals surface area contributed by atoms with Gasteiger partial charge in [0.1, 0.15) is 0 Å². The predicted octanol–water partition coefficient (Wildman–Crippen LogP) is 2.95. The Morgan fingerprint density at radius 2 is 1.55 bits per heavy atom. The summed E-state index contributed by atoms with van der Waals surface area (Å²) in [5, 5.41) is 0. The molecule has 2 N–H and O–H groups in total. The van der Waals surface area contributed by atoms with E-state index in [-0.39, 0.29) is 0 Å². The Hall–Kier alpha value is -0.790. The molecule has 0 aliphatic heterocycles. The van der Waals surface area contributed by atoms with Crippen molar-refractivity contribution in [3.8, 4) is 0 Å². The van der Waals surface area contributed by atoms with Crippen molar-refractivity contribution in [2.45, 2.75) is 41.5 Å². The molecular formula is C9H22N2. The second-order valence-electron chi connectivity index (χ2n) is 1.21. The second-order valence-corrected chi connectivity index (χ2v) is 1.21. The first-order chi connectivity index (χ1) is 5.31. The molecule has 2 nitrogen and oxygen atoms in total. The molecule has 0 fully saturated rings. The Kier molecular flexibility index (Phi) is 34.6. The van der Waals surface area contributed by atoms with Gasteiger partial charge in [-0.2, -0.15) is 0 Å². The highest BCUT2D eigenvalue weighted by atomic mass is 14.8. The largest absolute Gasteiger partial charge is 0.390 e. The first-order valence-electron chi connectivity index (χ1n) is 4.18. The van der Waals surface area contributed by atoms with Crippen molar-refractivity contribution in [1.82, 2.24) is 0 Å². The van der Waals surface area contributed by atoms with Crippen LogP contribution in [0.2, 0.25) is 0 Å². The molecule has 0 spiro atoms. The van der Waals surface area contributed by atoms with Crippen LogP contribution in [-0.4, -0.2) is 6.34 Å². The van der Waals surface area contributed by atoms with E-state index in [1.165, 1.54) is 6.34 Å². The molecule has 0 saturated heterocycles. The topological polar surface area (TPSA) is 38.4 Å². The smallest absolute Gasteiger partial charge is 0.0855 e. The lowest BCUT2D eigenvalue weighted by Gasteiger charge is -1.81. The highest BCUT2D eigenvalue weighted by molar-refractivity contribution is 5.53. The van der Waals surface area contributed by atoms with Gasteiger partial charge >= 0.3 is 0 Å². The van der Waals surface area contributed by atoms with Crippen LogP contribution in [0.25, 0.3) is 0 Å². The van der Waals surface area contributed by atoms with Gasteiger partial charge in [0.25, 0.3) is 0 Å². The maximum absolute atomic E-state index is 4.97. The van der Waals surface area contributed by atoms with Crippen molar-refractivity contribution in [3.05, 3.63) is 11.8 Å². The van der Waals surface area contributed by atoms with E-state index in [9.17, 15) is 0 Å². The predicted molar refractivity (Wildman–Crippen MR) is 54.8 cm³/mol. The minimum Gasteiger partial charge on any atom is -0.390 e. The fraction of sp³-hybridized carbons (Fsp3) is 0.667. The molecule has 0 atom stereocenters. The van der Waals surface area contributed by atoms with Gasteiger partial charge in [-0.3, -0.25) is 0 Å². The summed E-state index contributed by atoms with van der Waals surface area (Å²) in [6.45, 7) is 11.8. The van der Waals surface area contributed by atoms with E-state index in [2.05, 4.69) is 4.99 Å². The molecule has 0 aliphatic carbocycles. The minimum absolute atomic E-state index is 0.947. The zero-order valence-corrected chi connectivity index (χ0v) is 8.68. The Labute approximate surface area is 71.2 Å². The zero-order valence-electron chi connectivity index (χ0n) is 8.68. The summed E-state index contributed by atoms with van der Waals surface area (Å²) in [6, 6.07) is 0. The summed E-state index contributed by atoms with van der Waals surface area (Å²) in [6.07, 6.45) is 3.18. The average molecular weight is 158 g/mol. The van der Waals surface area contributed by atoms with Gasteiger partial charge in [0.05, 0.1) is 6.34 Å². The summed E-state index contributed by atoms with van der Waals surface area (Å²) in [5.41, 5.74) is 5.92. The van der Waals surface area contributed by atoms with Gasteiger partial charge in [-0.1, -0.05) is 33.8 Å². The molecular weight excluding hydrogens is 136 g/mol. The lowest BCUT2D eigenvalue weighted by atomic mass is 10.5. The highest BCUT2D eigenvalue weighted by Gasteiger charge is 1.70. The summed E-state index contributed by atoms with van der Waals surface area (Å²) in [7, 11) is 0. The molecule has 2 heteroatoms. The number of rotatable bonds is 1. The maximum atomic E-state index is 4.97. The molecule has 0 heterocycles. The number of nitrogens with two attached hydrogens (primary N) is 1. The van der Waals surface area contributed by atoms with E-state index >= 15 is 0 Å². The molecule has 0 amide bonds. The first-order valence-corrected chi connectivity index (χ1v) is 4.18. The highest BCUT2D eigenvalue weighted by Crippen LogP contribution is 1.88. The van der Waals surface area contributed by atoms with Gasteiger partial charge in [-0.25, -0.2) is 4.99 Å². The molecule has 68 valence electrons. The third kappa shape index (κ3) is 27.0. The molecule has 0 aromatic heterocycles. The Morgan fingerprint density at radius 1 is 1.18 bits per heavy atom. The van der Waals surface area contributed by atoms with Crippen LogP contribution in [0.5, 0.6) is 0 Å². The number of hydrogen-bond donors (Lipinski definition) is 1. The molecule has 0 aliphatic rings. The molecule has 0 saturated carbocycles. The van der Waals surface area contributed by atoms with Gasteiger partial charge in [-0.05, 0) is 13.8 Å². The first kappa shape index (κ1) is 16.7. The van der Waals surface area contributed by atoms with Crippen molar-refractivity contribution in [2.24, 2.45) is 10.7 Å². The minimum atomic E-state index is 0.947. The quantitative estimate of drug-likeness (QED) is 0.462. The average Bonchev–Trinajstić information content (AvgIpc) is 2.12. The van der Waals surface area contributed by atoms with E-state index in [1.54, 1.807) is 0 Å². The second kappa shape index (κ2) is 22.9. The number of allylic oxidation sites excluding steroid dienone is 2. The summed E-state index contributed by atoms with van der Waals surface area (Å²) in [5.74, 6) is 0. The molecule has 0 aromatic carbocycles. The lowest BCUT2D eigenvalue weighted by molar-refractivity contribution is 1.29. The molecule has 0 unspecified atom stereocenters. The van der Waals surface area contributed by atoms with Gasteiger partial charge in [-0.15, -0.1) is 0 Å². The van der Waals surface area contributed by atoms with E-state index in [4.69, 9.17) is 5.73 Å². The number of nitrogens with zero attached hydrogens (tertiary/aromatic N) is 1. The Morgan fingerprint density at radius 3 is 1.64 bits per heavy atom. The van der Waals surface area contributed by atoms with Crippen molar-refractivity contribution < 1.29 is 0 Å². The summed E-state index contributed by atoms with van der Waals surface area (Å²) < 4.78 is 0. The van der Waals surface area contributed by atoms with Gasteiger partial charge in [0, 0.05) is 5.70 Å². The van der Waals surface area contributed by atoms with Gasteiger partial charge in [0.2, 0.25) is 0 Å². The fourth-order valence-corrected chi connectivity index (χ4v) is 0.192. The van der Waals surface area contributed by atoms with Crippen LogP contribution < -0.4 is 5.73 Å². The van der Waals surface area contributed by atoms with Crippen LogP contribution in [0.1, 0.15) is 41.5 Å². The maximum Gasteiger partial charge on any atom is 0.0855 e. The Bertz CT molecular complexity index is 93.7. The monoisotopic (exact) mass is 158 g/mol. The van der Waals surface area contributed by atoms with E-state index < -0.39 is 0 Å². The van der Waals surface area contributed by atoms with E-state index in [1.807, 2.05) is 47.6 Å². The standard InChI is InChI=1S/C5H10N2.2C2H6/c1-3-5(2)7-4-6;2*1-2/h3-4H,1-2H3,(H2,6,7);2*1-2H3/b5-3-;;. The third-order valence-electron chi connectivity index (χ3n) is 0.696. The third-order valence-corrected chi connectivity index (χ3v) is 0.696.